The van der Waals surface area contributed by atoms with Crippen LogP contribution in [-0.4, -0.2) is 20.9 Å². The van der Waals surface area contributed by atoms with E-state index in [0.717, 1.165) is 76.6 Å². The third-order valence-electron chi connectivity index (χ3n) is 11.3. The number of fused-ring (bicyclic) bond motifs is 10. The van der Waals surface area contributed by atoms with Crippen LogP contribution in [0.1, 0.15) is 18.1 Å². The number of aromatic nitrogens is 2. The molecule has 8 aromatic carbocycles. The van der Waals surface area contributed by atoms with Gasteiger partial charge in [-0.25, -0.2) is 4.99 Å². The first-order chi connectivity index (χ1) is 29.1. The molecule has 3 aromatic heterocycles. The second kappa shape index (κ2) is 14.1. The summed E-state index contributed by atoms with van der Waals surface area (Å²) in [5.41, 5.74) is 17.3. The summed E-state index contributed by atoms with van der Waals surface area (Å²) < 4.78 is 7.01. The first kappa shape index (κ1) is 34.7. The normalized spacial score (nSPS) is 12.9. The first-order valence-corrected chi connectivity index (χ1v) is 20.6. The lowest BCUT2D eigenvalue weighted by Gasteiger charge is -2.14. The van der Waals surface area contributed by atoms with E-state index in [9.17, 15) is 0 Å². The summed E-state index contributed by atoms with van der Waals surface area (Å²) in [7, 11) is 0. The van der Waals surface area contributed by atoms with Gasteiger partial charge in [0, 0.05) is 58.5 Å². The summed E-state index contributed by atoms with van der Waals surface area (Å²) in [6.45, 7) is 2.03. The van der Waals surface area contributed by atoms with Gasteiger partial charge in [-0.2, -0.15) is 4.99 Å². The molecule has 0 radical (unpaired) electrons. The van der Waals surface area contributed by atoms with Crippen molar-refractivity contribution in [3.63, 3.8) is 0 Å². The fraction of sp³-hybridized carbons (Fsp3) is 0.0189. The summed E-state index contributed by atoms with van der Waals surface area (Å²) in [4.78, 5) is 10.9. The molecule has 0 aliphatic carbocycles. The number of allylic oxidation sites excluding steroid dienone is 1. The van der Waals surface area contributed by atoms with Crippen LogP contribution in [0.4, 0.5) is 0 Å². The second-order valence-electron chi connectivity index (χ2n) is 14.7. The van der Waals surface area contributed by atoms with Crippen LogP contribution in [0.2, 0.25) is 0 Å². The quantitative estimate of drug-likeness (QED) is 0.137. The van der Waals surface area contributed by atoms with Crippen molar-refractivity contribution in [2.45, 2.75) is 6.92 Å². The monoisotopic (exact) mass is 775 g/mol. The third-order valence-corrected chi connectivity index (χ3v) is 12.5. The van der Waals surface area contributed by atoms with E-state index in [2.05, 4.69) is 197 Å². The molecule has 2 N–H and O–H groups in total. The number of thiophene rings is 1. The van der Waals surface area contributed by atoms with Crippen molar-refractivity contribution >= 4 is 92.6 Å². The maximum Gasteiger partial charge on any atom is 0.237 e. The molecule has 3 heterocycles. The lowest BCUT2D eigenvalue weighted by atomic mass is 10.0. The predicted octanol–water partition coefficient (Wildman–Crippen LogP) is 13.6. The van der Waals surface area contributed by atoms with Gasteiger partial charge in [0.2, 0.25) is 5.96 Å². The zero-order chi connectivity index (χ0) is 39.5. The third kappa shape index (κ3) is 5.76. The van der Waals surface area contributed by atoms with Crippen LogP contribution >= 0.6 is 11.3 Å². The molecule has 0 fully saturated rings. The van der Waals surface area contributed by atoms with Crippen molar-refractivity contribution in [1.82, 2.24) is 9.13 Å². The minimum Gasteiger partial charge on any atom is -0.383 e. The van der Waals surface area contributed by atoms with E-state index in [1.54, 1.807) is 11.3 Å². The average Bonchev–Trinajstić information content (AvgIpc) is 3.96. The second-order valence-corrected chi connectivity index (χ2v) is 15.8. The van der Waals surface area contributed by atoms with E-state index in [1.165, 1.54) is 20.9 Å². The standard InChI is InChI=1S/C53H37N5S/c1-2-45(36-19-15-18-35(32-36)34-16-5-3-6-17-34)55-53(56-52(54)37-28-29-42-41-24-11-14-27-48(41)59-49(42)33-37)58-47-26-13-10-23-40(47)44-31-30-43-39-22-9-12-25-46(39)57(50(43)51(44)58)38-20-7-4-8-21-38/h2-33H,1H3,(H2,54,55,56)/b45-2+. The van der Waals surface area contributed by atoms with Crippen LogP contribution in [-0.2, 0) is 0 Å². The lowest BCUT2D eigenvalue weighted by molar-refractivity contribution is 1.16. The summed E-state index contributed by atoms with van der Waals surface area (Å²) in [6.07, 6.45) is 2.06. The number of nitrogens with two attached hydrogens (primary N) is 1. The van der Waals surface area contributed by atoms with E-state index in [-0.39, 0.29) is 0 Å². The van der Waals surface area contributed by atoms with Crippen molar-refractivity contribution in [3.8, 4) is 16.8 Å². The van der Waals surface area contributed by atoms with Crippen LogP contribution in [0.3, 0.4) is 0 Å². The molecular weight excluding hydrogens is 739 g/mol. The number of nitrogens with zero attached hydrogens (tertiary/aromatic N) is 4. The Kier molecular flexibility index (Phi) is 8.31. The summed E-state index contributed by atoms with van der Waals surface area (Å²) in [5, 5.41) is 6.99. The van der Waals surface area contributed by atoms with Crippen molar-refractivity contribution in [2.75, 3.05) is 0 Å². The largest absolute Gasteiger partial charge is 0.383 e. The van der Waals surface area contributed by atoms with Gasteiger partial charge in [0.1, 0.15) is 5.84 Å². The molecule has 0 bridgehead atoms. The molecule has 0 aliphatic heterocycles. The van der Waals surface area contributed by atoms with E-state index in [0.29, 0.717) is 11.8 Å². The van der Waals surface area contributed by atoms with Gasteiger partial charge >= 0.3 is 0 Å². The molecule has 0 atom stereocenters. The molecule has 5 nitrogen and oxygen atoms in total. The highest BCUT2D eigenvalue weighted by atomic mass is 32.1. The fourth-order valence-electron chi connectivity index (χ4n) is 8.63. The van der Waals surface area contributed by atoms with Crippen molar-refractivity contribution in [1.29, 1.82) is 0 Å². The number of hydrogen-bond donors (Lipinski definition) is 1. The number of rotatable bonds is 5. The number of benzene rings is 8. The van der Waals surface area contributed by atoms with Crippen molar-refractivity contribution in [2.24, 2.45) is 15.7 Å². The Labute approximate surface area is 344 Å². The lowest BCUT2D eigenvalue weighted by Crippen LogP contribution is -2.19. The summed E-state index contributed by atoms with van der Waals surface area (Å²) >= 11 is 1.77. The molecule has 6 heteroatoms. The molecule has 0 saturated carbocycles. The van der Waals surface area contributed by atoms with Crippen LogP contribution in [0.15, 0.2) is 204 Å². The van der Waals surface area contributed by atoms with Gasteiger partial charge in [-0.05, 0) is 60.5 Å². The van der Waals surface area contributed by atoms with Crippen molar-refractivity contribution in [3.05, 3.63) is 205 Å². The van der Waals surface area contributed by atoms with Gasteiger partial charge < -0.3 is 10.3 Å². The fourth-order valence-corrected chi connectivity index (χ4v) is 9.77. The maximum atomic E-state index is 7.16. The van der Waals surface area contributed by atoms with E-state index in [4.69, 9.17) is 15.7 Å². The molecule has 11 aromatic rings. The van der Waals surface area contributed by atoms with Crippen LogP contribution in [0.5, 0.6) is 0 Å². The van der Waals surface area contributed by atoms with E-state index in [1.807, 2.05) is 13.0 Å². The highest BCUT2D eigenvalue weighted by Crippen LogP contribution is 2.41. The van der Waals surface area contributed by atoms with Crippen molar-refractivity contribution < 1.29 is 0 Å². The molecule has 280 valence electrons. The minimum absolute atomic E-state index is 0.387. The van der Waals surface area contributed by atoms with Gasteiger partial charge in [-0.3, -0.25) is 4.57 Å². The molecule has 0 amide bonds. The minimum atomic E-state index is 0.387. The van der Waals surface area contributed by atoms with E-state index < -0.39 is 0 Å². The molecule has 11 rings (SSSR count). The predicted molar refractivity (Wildman–Crippen MR) is 252 cm³/mol. The average molecular weight is 776 g/mol. The van der Waals surface area contributed by atoms with Crippen LogP contribution in [0.25, 0.3) is 86.3 Å². The Morgan fingerprint density at radius 1 is 0.492 bits per heavy atom. The van der Waals surface area contributed by atoms with Gasteiger partial charge in [0.25, 0.3) is 0 Å². The highest BCUT2D eigenvalue weighted by Gasteiger charge is 2.23. The zero-order valence-electron chi connectivity index (χ0n) is 32.2. The van der Waals surface area contributed by atoms with Gasteiger partial charge in [-0.1, -0.05) is 152 Å². The summed E-state index contributed by atoms with van der Waals surface area (Å²) in [5.74, 6) is 0.860. The molecule has 0 unspecified atom stereocenters. The number of hydrogen-bond acceptors (Lipinski definition) is 2. The Balaban J connectivity index is 1.22. The number of aliphatic imine (C=N–C) groups is 2. The zero-order valence-corrected chi connectivity index (χ0v) is 33.1. The number of amidine groups is 1. The van der Waals surface area contributed by atoms with Crippen LogP contribution < -0.4 is 5.73 Å². The van der Waals surface area contributed by atoms with Gasteiger partial charge in [0.05, 0.1) is 27.8 Å². The molecule has 59 heavy (non-hydrogen) atoms. The topological polar surface area (TPSA) is 60.6 Å². The molecular formula is C53H37N5S. The highest BCUT2D eigenvalue weighted by molar-refractivity contribution is 7.25. The first-order valence-electron chi connectivity index (χ1n) is 19.8. The Hall–Kier alpha value is -7.54. The SMILES string of the molecule is C/C=C(/N=C(\N=C(/N)c1ccc2c(c1)sc1ccccc12)n1c2ccccc2c2ccc3c4ccccc4n(-c4ccccc4)c3c21)c1cccc(-c2ccccc2)c1. The maximum absolute atomic E-state index is 7.16. The van der Waals surface area contributed by atoms with Gasteiger partial charge in [0.15, 0.2) is 0 Å². The molecule has 0 saturated heterocycles. The Bertz CT molecular complexity index is 3510. The molecule has 0 spiro atoms. The summed E-state index contributed by atoms with van der Waals surface area (Å²) in [6, 6.07) is 66.2. The van der Waals surface area contributed by atoms with E-state index >= 15 is 0 Å². The Morgan fingerprint density at radius 2 is 1.10 bits per heavy atom. The molecule has 0 aliphatic rings. The smallest absolute Gasteiger partial charge is 0.237 e. The Morgan fingerprint density at radius 3 is 1.88 bits per heavy atom. The van der Waals surface area contributed by atoms with Crippen LogP contribution in [0, 0.1) is 0 Å². The van der Waals surface area contributed by atoms with Gasteiger partial charge in [-0.15, -0.1) is 11.3 Å². The number of para-hydroxylation sites is 3.